The zero-order valence-electron chi connectivity index (χ0n) is 12.5. The van der Waals surface area contributed by atoms with Crippen molar-refractivity contribution in [2.24, 2.45) is 10.4 Å². The predicted molar refractivity (Wildman–Crippen MR) is 87.8 cm³/mol. The van der Waals surface area contributed by atoms with Crippen LogP contribution >= 0.6 is 24.0 Å². The highest BCUT2D eigenvalue weighted by atomic mass is 127. The molecule has 0 spiro atoms. The highest BCUT2D eigenvalue weighted by molar-refractivity contribution is 14.0. The van der Waals surface area contributed by atoms with Crippen molar-refractivity contribution in [2.75, 3.05) is 33.4 Å². The third-order valence-electron chi connectivity index (χ3n) is 4.03. The van der Waals surface area contributed by atoms with Gasteiger partial charge >= 0.3 is 0 Å². The van der Waals surface area contributed by atoms with Gasteiger partial charge in [0, 0.05) is 31.2 Å². The normalized spacial score (nSPS) is 21.0. The number of guanidine groups is 1. The highest BCUT2D eigenvalue weighted by Gasteiger charge is 2.53. The Bertz CT molecular complexity index is 290. The third-order valence-corrected chi connectivity index (χ3v) is 4.03. The van der Waals surface area contributed by atoms with E-state index in [0.717, 1.165) is 19.0 Å². The van der Waals surface area contributed by atoms with E-state index in [9.17, 15) is 0 Å². The Morgan fingerprint density at radius 1 is 1.33 bits per heavy atom. The smallest absolute Gasteiger partial charge is 0.194 e. The molecule has 0 unspecified atom stereocenters. The molecule has 1 heterocycles. The van der Waals surface area contributed by atoms with Crippen LogP contribution in [0.1, 0.15) is 34.6 Å². The number of halogens is 1. The van der Waals surface area contributed by atoms with Crippen molar-refractivity contribution in [3.8, 4) is 0 Å². The van der Waals surface area contributed by atoms with E-state index in [1.807, 2.05) is 0 Å². The molecule has 0 aromatic heterocycles. The van der Waals surface area contributed by atoms with Crippen molar-refractivity contribution in [2.45, 2.75) is 40.2 Å². The molecule has 1 saturated heterocycles. The Hall–Kier alpha value is -0.0400. The van der Waals surface area contributed by atoms with Crippen LogP contribution in [0.5, 0.6) is 0 Å². The van der Waals surface area contributed by atoms with Crippen molar-refractivity contribution in [3.05, 3.63) is 0 Å². The van der Waals surface area contributed by atoms with E-state index in [-0.39, 0.29) is 29.5 Å². The van der Waals surface area contributed by atoms with Gasteiger partial charge in [0.15, 0.2) is 5.96 Å². The Morgan fingerprint density at radius 2 is 1.94 bits per heavy atom. The molecule has 0 amide bonds. The molecule has 1 rings (SSSR count). The number of likely N-dealkylation sites (tertiary alicyclic amines) is 1. The molecule has 108 valence electrons. The predicted octanol–water partition coefficient (Wildman–Crippen LogP) is 2.34. The van der Waals surface area contributed by atoms with E-state index in [2.05, 4.69) is 49.8 Å². The molecule has 1 fully saturated rings. The number of nitrogens with one attached hydrogen (secondary N) is 1. The van der Waals surface area contributed by atoms with Crippen LogP contribution in [-0.4, -0.2) is 49.7 Å². The van der Waals surface area contributed by atoms with Crippen LogP contribution in [0.4, 0.5) is 0 Å². The topological polar surface area (TPSA) is 36.9 Å². The maximum absolute atomic E-state index is 5.04. The van der Waals surface area contributed by atoms with Crippen molar-refractivity contribution in [1.82, 2.24) is 10.2 Å². The molecule has 0 aliphatic carbocycles. The second-order valence-corrected chi connectivity index (χ2v) is 5.76. The van der Waals surface area contributed by atoms with Crippen LogP contribution in [0, 0.1) is 5.41 Å². The van der Waals surface area contributed by atoms with Gasteiger partial charge in [-0.1, -0.05) is 13.8 Å². The molecular formula is C13H28IN3O. The van der Waals surface area contributed by atoms with Crippen LogP contribution in [0.3, 0.4) is 0 Å². The molecule has 0 bridgehead atoms. The third kappa shape index (κ3) is 3.50. The summed E-state index contributed by atoms with van der Waals surface area (Å²) >= 11 is 0. The first-order valence-electron chi connectivity index (χ1n) is 6.41. The van der Waals surface area contributed by atoms with Crippen LogP contribution < -0.4 is 5.32 Å². The molecule has 0 saturated carbocycles. The van der Waals surface area contributed by atoms with Gasteiger partial charge in [-0.3, -0.25) is 4.99 Å². The molecule has 4 nitrogen and oxygen atoms in total. The van der Waals surface area contributed by atoms with Crippen LogP contribution in [-0.2, 0) is 4.74 Å². The second kappa shape index (κ2) is 6.93. The van der Waals surface area contributed by atoms with Gasteiger partial charge in [0.2, 0.25) is 0 Å². The van der Waals surface area contributed by atoms with Gasteiger partial charge in [0.25, 0.3) is 0 Å². The van der Waals surface area contributed by atoms with Gasteiger partial charge < -0.3 is 15.0 Å². The number of hydrogen-bond donors (Lipinski definition) is 1. The summed E-state index contributed by atoms with van der Waals surface area (Å²) < 4.78 is 5.04. The fraction of sp³-hybridized carbons (Fsp3) is 0.923. The van der Waals surface area contributed by atoms with Gasteiger partial charge in [-0.25, -0.2) is 0 Å². The van der Waals surface area contributed by atoms with E-state index < -0.39 is 0 Å². The molecule has 1 aliphatic rings. The minimum absolute atomic E-state index is 0. The molecule has 18 heavy (non-hydrogen) atoms. The summed E-state index contributed by atoms with van der Waals surface area (Å²) in [5.74, 6) is 1.01. The molecule has 1 aliphatic heterocycles. The van der Waals surface area contributed by atoms with Crippen LogP contribution in [0.15, 0.2) is 4.99 Å². The SMILES string of the molecule is CCNC(=NCCOC)N1CC(C)(C)C1(C)C.I. The first kappa shape index (κ1) is 18.0. The number of nitrogens with zero attached hydrogens (tertiary/aromatic N) is 2. The summed E-state index contributed by atoms with van der Waals surface area (Å²) in [6, 6.07) is 0. The summed E-state index contributed by atoms with van der Waals surface area (Å²) in [4.78, 5) is 6.95. The first-order valence-corrected chi connectivity index (χ1v) is 6.41. The Kier molecular flexibility index (Phi) is 6.92. The Labute approximate surface area is 129 Å². The fourth-order valence-corrected chi connectivity index (χ4v) is 2.04. The van der Waals surface area contributed by atoms with E-state index in [1.54, 1.807) is 7.11 Å². The standard InChI is InChI=1S/C13H27N3O.HI/c1-7-14-11(15-8-9-17-6)16-10-12(2,3)13(16,4)5;/h7-10H2,1-6H3,(H,14,15);1H. The quantitative estimate of drug-likeness (QED) is 0.358. The lowest BCUT2D eigenvalue weighted by atomic mass is 9.65. The number of methoxy groups -OCH3 is 1. The average molecular weight is 369 g/mol. The van der Waals surface area contributed by atoms with Crippen molar-refractivity contribution < 1.29 is 4.74 Å². The highest BCUT2D eigenvalue weighted by Crippen LogP contribution is 2.46. The first-order chi connectivity index (χ1) is 7.86. The van der Waals surface area contributed by atoms with Crippen molar-refractivity contribution in [3.63, 3.8) is 0 Å². The summed E-state index contributed by atoms with van der Waals surface area (Å²) in [6.45, 7) is 14.6. The summed E-state index contributed by atoms with van der Waals surface area (Å²) in [5.41, 5.74) is 0.492. The molecule has 0 radical (unpaired) electrons. The molecule has 0 aromatic carbocycles. The van der Waals surface area contributed by atoms with Gasteiger partial charge in [-0.05, 0) is 20.8 Å². The number of hydrogen-bond acceptors (Lipinski definition) is 2. The fourth-order valence-electron chi connectivity index (χ4n) is 2.04. The van der Waals surface area contributed by atoms with E-state index in [4.69, 9.17) is 4.74 Å². The van der Waals surface area contributed by atoms with Gasteiger partial charge in [0.05, 0.1) is 13.2 Å². The molecule has 0 aromatic rings. The lowest BCUT2D eigenvalue weighted by Crippen LogP contribution is -2.72. The van der Waals surface area contributed by atoms with Crippen molar-refractivity contribution >= 4 is 29.9 Å². The second-order valence-electron chi connectivity index (χ2n) is 5.76. The van der Waals surface area contributed by atoms with Gasteiger partial charge in [-0.2, -0.15) is 0 Å². The lowest BCUT2D eigenvalue weighted by Gasteiger charge is -2.62. The van der Waals surface area contributed by atoms with E-state index in [1.165, 1.54) is 0 Å². The molecule has 5 heteroatoms. The lowest BCUT2D eigenvalue weighted by molar-refractivity contribution is -0.0668. The minimum Gasteiger partial charge on any atom is -0.383 e. The Balaban J connectivity index is 0.00000289. The van der Waals surface area contributed by atoms with Crippen LogP contribution in [0.2, 0.25) is 0 Å². The Morgan fingerprint density at radius 3 is 2.33 bits per heavy atom. The minimum atomic E-state index is 0. The van der Waals surface area contributed by atoms with Gasteiger partial charge in [0.1, 0.15) is 0 Å². The largest absolute Gasteiger partial charge is 0.383 e. The molecule has 0 atom stereocenters. The average Bonchev–Trinajstić information content (AvgIpc) is 2.25. The molecular weight excluding hydrogens is 341 g/mol. The van der Waals surface area contributed by atoms with Crippen LogP contribution in [0.25, 0.3) is 0 Å². The summed E-state index contributed by atoms with van der Waals surface area (Å²) in [6.07, 6.45) is 0. The molecule has 1 N–H and O–H groups in total. The number of rotatable bonds is 4. The van der Waals surface area contributed by atoms with Crippen molar-refractivity contribution in [1.29, 1.82) is 0 Å². The zero-order chi connectivity index (χ0) is 13.1. The maximum atomic E-state index is 5.04. The maximum Gasteiger partial charge on any atom is 0.194 e. The zero-order valence-corrected chi connectivity index (χ0v) is 14.9. The monoisotopic (exact) mass is 369 g/mol. The summed E-state index contributed by atoms with van der Waals surface area (Å²) in [5, 5.41) is 3.36. The van der Waals surface area contributed by atoms with Gasteiger partial charge in [-0.15, -0.1) is 24.0 Å². The number of aliphatic imine (C=N–C) groups is 1. The van der Waals surface area contributed by atoms with E-state index >= 15 is 0 Å². The summed E-state index contributed by atoms with van der Waals surface area (Å²) in [7, 11) is 1.71. The van der Waals surface area contributed by atoms with E-state index in [0.29, 0.717) is 18.6 Å². The number of ether oxygens (including phenoxy) is 1.